The van der Waals surface area contributed by atoms with Gasteiger partial charge in [0, 0.05) is 92.1 Å². The largest absolute Gasteiger partial charge is 0.294 e. The lowest BCUT2D eigenvalue weighted by Gasteiger charge is -2.19. The molecule has 500 valence electrons. The maximum atomic E-state index is 4.95. The first-order valence-corrected chi connectivity index (χ1v) is 34.2. The molecule has 0 aliphatic heterocycles. The van der Waals surface area contributed by atoms with E-state index in [0.29, 0.717) is 0 Å². The summed E-state index contributed by atoms with van der Waals surface area (Å²) in [6, 6.07) is 83.9. The van der Waals surface area contributed by atoms with Crippen molar-refractivity contribution < 1.29 is 0 Å². The Bertz CT molecular complexity index is 4640. The molecule has 0 saturated carbocycles. The number of pyridine rings is 6. The molecule has 14 aromatic rings. The summed E-state index contributed by atoms with van der Waals surface area (Å²) in [5.41, 5.74) is 17.5. The molecule has 0 unspecified atom stereocenters. The zero-order valence-electron chi connectivity index (χ0n) is 61.1. The Morgan fingerprint density at radius 3 is 1.00 bits per heavy atom. The molecule has 0 N–H and O–H groups in total. The Labute approximate surface area is 584 Å². The van der Waals surface area contributed by atoms with E-state index < -0.39 is 0 Å². The van der Waals surface area contributed by atoms with Crippen molar-refractivity contribution in [3.63, 3.8) is 0 Å². The van der Waals surface area contributed by atoms with Crippen LogP contribution in [0.25, 0.3) is 77.8 Å². The minimum atomic E-state index is 0.0365. The van der Waals surface area contributed by atoms with Crippen LogP contribution >= 0.6 is 0 Å². The van der Waals surface area contributed by atoms with Crippen LogP contribution in [0.3, 0.4) is 0 Å². The first-order chi connectivity index (χ1) is 46.5. The Hall–Kier alpha value is -10.2. The van der Waals surface area contributed by atoms with E-state index in [1.165, 1.54) is 77.0 Å². The molecule has 0 fully saturated rings. The van der Waals surface area contributed by atoms with Crippen LogP contribution in [0.1, 0.15) is 158 Å². The van der Waals surface area contributed by atoms with Crippen LogP contribution in [0.5, 0.6) is 0 Å². The van der Waals surface area contributed by atoms with Crippen LogP contribution in [0.4, 0.5) is 0 Å². The Morgan fingerprint density at radius 1 is 0.235 bits per heavy atom. The van der Waals surface area contributed by atoms with Gasteiger partial charge in [0.2, 0.25) is 0 Å². The quantitative estimate of drug-likeness (QED) is 0.174. The zero-order chi connectivity index (χ0) is 70.5. The summed E-state index contributed by atoms with van der Waals surface area (Å²) in [7, 11) is 0. The SMILES string of the molecule is CC(C)(C)c1ccc(-c2ccccc2)nc1.CC(C)(C)c1ccc(-n2c3ccccc3c3ccccc32)nc1.CC(C)(C)c1cccc(-c2ccccc2)n1.CC(C)(C)c1cccc(-n2c3ccccc3c3ccccc32)n1.CC(C)(C)c1cccnc1.CC(C)(C)c1ccncc1. The first-order valence-electron chi connectivity index (χ1n) is 34.2. The molecule has 8 heterocycles. The molecular weight excluding hydrogens is 1190 g/mol. The molecule has 98 heavy (non-hydrogen) atoms. The average Bonchev–Trinajstić information content (AvgIpc) is 1.61. The third-order valence-corrected chi connectivity index (χ3v) is 17.1. The molecule has 0 spiro atoms. The summed E-state index contributed by atoms with van der Waals surface area (Å²) in [5.74, 6) is 1.95. The lowest BCUT2D eigenvalue weighted by Crippen LogP contribution is -2.14. The van der Waals surface area contributed by atoms with Crippen LogP contribution in [0, 0.1) is 0 Å². The van der Waals surface area contributed by atoms with E-state index in [2.05, 4.69) is 349 Å². The molecule has 8 aromatic heterocycles. The molecule has 0 bridgehead atoms. The molecule has 14 rings (SSSR count). The summed E-state index contributed by atoms with van der Waals surface area (Å²) < 4.78 is 4.51. The van der Waals surface area contributed by atoms with Gasteiger partial charge in [-0.05, 0) is 123 Å². The van der Waals surface area contributed by atoms with Gasteiger partial charge >= 0.3 is 0 Å². The zero-order valence-corrected chi connectivity index (χ0v) is 61.1. The van der Waals surface area contributed by atoms with E-state index in [4.69, 9.17) is 15.0 Å². The highest BCUT2D eigenvalue weighted by Gasteiger charge is 2.21. The molecule has 0 radical (unpaired) electrons. The van der Waals surface area contributed by atoms with Crippen LogP contribution in [-0.4, -0.2) is 39.0 Å². The molecule has 0 aliphatic carbocycles. The topological polar surface area (TPSA) is 87.2 Å². The number of para-hydroxylation sites is 4. The molecule has 0 atom stereocenters. The second kappa shape index (κ2) is 30.9. The van der Waals surface area contributed by atoms with Crippen molar-refractivity contribution in [2.45, 2.75) is 157 Å². The summed E-state index contributed by atoms with van der Waals surface area (Å²) in [5, 5.41) is 5.08. The summed E-state index contributed by atoms with van der Waals surface area (Å²) >= 11 is 0. The predicted octanol–water partition coefficient (Wildman–Crippen LogP) is 23.8. The van der Waals surface area contributed by atoms with Crippen molar-refractivity contribution >= 4 is 43.6 Å². The van der Waals surface area contributed by atoms with E-state index >= 15 is 0 Å². The maximum absolute atomic E-state index is 4.95. The van der Waals surface area contributed by atoms with Crippen LogP contribution in [-0.2, 0) is 32.5 Å². The predicted molar refractivity (Wildman–Crippen MR) is 417 cm³/mol. The first kappa shape index (κ1) is 72.1. The fraction of sp³-hybridized carbons (Fsp3) is 0.267. The average molecular weight is 1290 g/mol. The van der Waals surface area contributed by atoms with E-state index in [1.54, 1.807) is 6.20 Å². The third kappa shape index (κ3) is 18.7. The lowest BCUT2D eigenvalue weighted by atomic mass is 9.88. The molecular formula is C90H100N8. The molecule has 8 heteroatoms. The normalized spacial score (nSPS) is 11.8. The van der Waals surface area contributed by atoms with Gasteiger partial charge in [-0.25, -0.2) is 9.97 Å². The number of hydrogen-bond acceptors (Lipinski definition) is 6. The summed E-state index contributed by atoms with van der Waals surface area (Å²) in [4.78, 5) is 26.9. The van der Waals surface area contributed by atoms with E-state index in [0.717, 1.165) is 34.4 Å². The highest BCUT2D eigenvalue weighted by molar-refractivity contribution is 6.10. The van der Waals surface area contributed by atoms with E-state index in [9.17, 15) is 0 Å². The van der Waals surface area contributed by atoms with Crippen molar-refractivity contribution in [2.24, 2.45) is 0 Å². The Balaban J connectivity index is 0.000000142. The minimum absolute atomic E-state index is 0.0365. The number of fused-ring (bicyclic) bond motifs is 6. The van der Waals surface area contributed by atoms with Crippen molar-refractivity contribution in [2.75, 3.05) is 0 Å². The van der Waals surface area contributed by atoms with E-state index in [-0.39, 0.29) is 32.5 Å². The fourth-order valence-corrected chi connectivity index (χ4v) is 11.2. The highest BCUT2D eigenvalue weighted by atomic mass is 15.1. The summed E-state index contributed by atoms with van der Waals surface area (Å²) in [6.45, 7) is 39.5. The Morgan fingerprint density at radius 2 is 0.622 bits per heavy atom. The van der Waals surface area contributed by atoms with E-state index in [1.807, 2.05) is 73.4 Å². The van der Waals surface area contributed by atoms with Gasteiger partial charge in [0.05, 0.1) is 33.5 Å². The molecule has 0 aliphatic rings. The number of nitrogens with zero attached hydrogens (tertiary/aromatic N) is 8. The van der Waals surface area contributed by atoms with Crippen molar-refractivity contribution in [3.05, 3.63) is 313 Å². The van der Waals surface area contributed by atoms with Crippen LogP contribution in [0.2, 0.25) is 0 Å². The fourth-order valence-electron chi connectivity index (χ4n) is 11.2. The van der Waals surface area contributed by atoms with Gasteiger partial charge in [-0.3, -0.25) is 29.1 Å². The van der Waals surface area contributed by atoms with Gasteiger partial charge in [-0.2, -0.15) is 0 Å². The minimum Gasteiger partial charge on any atom is -0.294 e. The van der Waals surface area contributed by atoms with Crippen LogP contribution in [0.15, 0.2) is 280 Å². The van der Waals surface area contributed by atoms with Gasteiger partial charge in [0.1, 0.15) is 11.6 Å². The second-order valence-corrected chi connectivity index (χ2v) is 31.1. The molecule has 0 saturated heterocycles. The number of hydrogen-bond donors (Lipinski definition) is 0. The molecule has 6 aromatic carbocycles. The van der Waals surface area contributed by atoms with Crippen molar-refractivity contribution in [1.29, 1.82) is 0 Å². The monoisotopic (exact) mass is 1290 g/mol. The maximum Gasteiger partial charge on any atom is 0.137 e. The lowest BCUT2D eigenvalue weighted by molar-refractivity contribution is 0.568. The smallest absolute Gasteiger partial charge is 0.137 e. The van der Waals surface area contributed by atoms with Gasteiger partial charge in [0.25, 0.3) is 0 Å². The van der Waals surface area contributed by atoms with Gasteiger partial charge < -0.3 is 0 Å². The molecule has 0 amide bonds. The second-order valence-electron chi connectivity index (χ2n) is 31.1. The third-order valence-electron chi connectivity index (χ3n) is 17.1. The Kier molecular flexibility index (Phi) is 22.7. The number of aromatic nitrogens is 8. The highest BCUT2D eigenvalue weighted by Crippen LogP contribution is 2.35. The van der Waals surface area contributed by atoms with Crippen LogP contribution < -0.4 is 0 Å². The summed E-state index contributed by atoms with van der Waals surface area (Å²) in [6.07, 6.45) is 11.4. The number of rotatable bonds is 4. The number of benzene rings is 6. The van der Waals surface area contributed by atoms with Gasteiger partial charge in [-0.1, -0.05) is 288 Å². The van der Waals surface area contributed by atoms with Gasteiger partial charge in [-0.15, -0.1) is 0 Å². The van der Waals surface area contributed by atoms with Crippen molar-refractivity contribution in [3.8, 4) is 34.2 Å². The van der Waals surface area contributed by atoms with Crippen molar-refractivity contribution in [1.82, 2.24) is 39.0 Å². The van der Waals surface area contributed by atoms with Gasteiger partial charge in [0.15, 0.2) is 0 Å². The standard InChI is InChI=1S/2C21H20N2.2C15H17N.2C9H13N/c1-21(2,3)19-13-8-14-20(22-19)23-17-11-6-4-9-15(17)16-10-5-7-12-18(16)23;1-21(2,3)15-12-13-20(22-14-15)23-18-10-6-4-8-16(18)17-9-5-7-11-19(17)23;1-15(2,3)14-11-7-10-13(16-14)12-8-5-4-6-9-12;1-15(2,3)13-9-10-14(16-11-13)12-7-5-4-6-8-12;1-9(2,3)8-4-6-10-7-5-8;1-9(2,3)8-5-4-6-10-7-8/h2*4-14H,1-3H3;2*4-11H,1-3H3;2*4-7H,1-3H3. The molecule has 8 nitrogen and oxygen atoms in total.